The molecule has 6 nitrogen and oxygen atoms in total. The van der Waals surface area contributed by atoms with Crippen molar-refractivity contribution in [3.8, 4) is 11.5 Å². The van der Waals surface area contributed by atoms with Gasteiger partial charge >= 0.3 is 0 Å². The third kappa shape index (κ3) is 5.31. The monoisotopic (exact) mass is 505 g/mol. The molecule has 0 aliphatic carbocycles. The first-order valence-corrected chi connectivity index (χ1v) is 11.5. The third-order valence-electron chi connectivity index (χ3n) is 3.34. The molecule has 2 atom stereocenters. The summed E-state index contributed by atoms with van der Waals surface area (Å²) in [6, 6.07) is -0.108. The number of ether oxygens (including phenoxy) is 3. The Kier molecular flexibility index (Phi) is 7.39. The molecule has 1 N–H and O–H groups in total. The van der Waals surface area contributed by atoms with Gasteiger partial charge in [-0.2, -0.15) is 0 Å². The Morgan fingerprint density at radius 3 is 2.62 bits per heavy atom. The van der Waals surface area contributed by atoms with E-state index in [0.717, 1.165) is 7.57 Å². The lowest BCUT2D eigenvalue weighted by Crippen LogP contribution is -2.38. The van der Waals surface area contributed by atoms with Crippen LogP contribution in [0.15, 0.2) is 7.57 Å². The van der Waals surface area contributed by atoms with Gasteiger partial charge in [0.05, 0.1) is 11.9 Å². The highest BCUT2D eigenvalue weighted by Gasteiger charge is 2.28. The molecule has 1 aliphatic rings. The average Bonchev–Trinajstić information content (AvgIpc) is 2.76. The third-order valence-corrected chi connectivity index (χ3v) is 7.86. The van der Waals surface area contributed by atoms with E-state index in [9.17, 15) is 8.42 Å². The zero-order chi connectivity index (χ0) is 17.9. The first-order valence-electron chi connectivity index (χ1n) is 7.56. The molecule has 138 valence electrons. The highest BCUT2D eigenvalue weighted by molar-refractivity contribution is 9.12. The minimum absolute atomic E-state index is 0.108. The lowest BCUT2D eigenvalue weighted by molar-refractivity contribution is 0.00816. The normalized spacial score (nSPS) is 18.8. The minimum Gasteiger partial charge on any atom is -0.484 e. The number of halogens is 2. The molecule has 0 saturated carbocycles. The van der Waals surface area contributed by atoms with Gasteiger partial charge in [-0.25, -0.2) is 13.1 Å². The summed E-state index contributed by atoms with van der Waals surface area (Å²) >= 11 is 8.36. The van der Waals surface area contributed by atoms with Crippen molar-refractivity contribution < 1.29 is 22.6 Å². The molecule has 1 aromatic rings. The molecule has 0 fully saturated rings. The second-order valence-corrected chi connectivity index (χ2v) is 11.6. The van der Waals surface area contributed by atoms with E-state index in [4.69, 9.17) is 14.2 Å². The largest absolute Gasteiger partial charge is 0.484 e. The van der Waals surface area contributed by atoms with E-state index >= 15 is 0 Å². The fourth-order valence-electron chi connectivity index (χ4n) is 2.10. The Bertz CT molecular complexity index is 662. The molecular weight excluding hydrogens is 486 g/mol. The lowest BCUT2D eigenvalue weighted by Gasteiger charge is -2.25. The van der Waals surface area contributed by atoms with Crippen LogP contribution in [-0.2, 0) is 14.8 Å². The van der Waals surface area contributed by atoms with Crippen molar-refractivity contribution >= 4 is 53.2 Å². The van der Waals surface area contributed by atoms with E-state index in [1.165, 1.54) is 11.3 Å². The van der Waals surface area contributed by atoms with Crippen LogP contribution in [0, 0.1) is 0 Å². The Morgan fingerprint density at radius 1 is 1.29 bits per heavy atom. The van der Waals surface area contributed by atoms with Crippen LogP contribution >= 0.6 is 43.2 Å². The van der Waals surface area contributed by atoms with Crippen LogP contribution in [0.3, 0.4) is 0 Å². The van der Waals surface area contributed by atoms with Crippen molar-refractivity contribution in [2.75, 3.05) is 19.8 Å². The summed E-state index contributed by atoms with van der Waals surface area (Å²) in [5, 5.41) is -0.503. The number of sulfonamides is 1. The van der Waals surface area contributed by atoms with Crippen LogP contribution < -0.4 is 14.2 Å². The Hall–Kier alpha value is 0.130. The summed E-state index contributed by atoms with van der Waals surface area (Å²) in [6.07, 6.45) is 0.213. The van der Waals surface area contributed by atoms with E-state index in [0.29, 0.717) is 37.7 Å². The Labute approximate surface area is 163 Å². The van der Waals surface area contributed by atoms with Gasteiger partial charge in [-0.05, 0) is 59.1 Å². The number of hydrogen-bond acceptors (Lipinski definition) is 6. The quantitative estimate of drug-likeness (QED) is 0.546. The summed E-state index contributed by atoms with van der Waals surface area (Å²) in [6.45, 7) is 6.38. The van der Waals surface area contributed by atoms with Gasteiger partial charge < -0.3 is 14.2 Å². The van der Waals surface area contributed by atoms with Crippen molar-refractivity contribution in [1.82, 2.24) is 4.72 Å². The Morgan fingerprint density at radius 2 is 1.96 bits per heavy atom. The lowest BCUT2D eigenvalue weighted by atomic mass is 10.3. The maximum atomic E-state index is 12.0. The summed E-state index contributed by atoms with van der Waals surface area (Å²) in [5.41, 5.74) is 0. The topological polar surface area (TPSA) is 73.9 Å². The SMILES string of the molecule is CC(C)NS(=O)(=O)C(C)CCOCC1COc2c(Br)sc(Br)c2O1. The van der Waals surface area contributed by atoms with Crippen LogP contribution in [0.2, 0.25) is 0 Å². The van der Waals surface area contributed by atoms with Gasteiger partial charge in [-0.15, -0.1) is 11.3 Å². The summed E-state index contributed by atoms with van der Waals surface area (Å²) in [5.74, 6) is 1.39. The molecule has 0 spiro atoms. The molecule has 1 aromatic heterocycles. The first-order chi connectivity index (χ1) is 11.2. The van der Waals surface area contributed by atoms with Crippen LogP contribution in [0.1, 0.15) is 27.2 Å². The van der Waals surface area contributed by atoms with Crippen LogP contribution in [0.5, 0.6) is 11.5 Å². The fraction of sp³-hybridized carbons (Fsp3) is 0.714. The highest BCUT2D eigenvalue weighted by atomic mass is 79.9. The predicted molar refractivity (Wildman–Crippen MR) is 102 cm³/mol. The minimum atomic E-state index is -3.30. The molecule has 0 amide bonds. The molecule has 0 saturated heterocycles. The van der Waals surface area contributed by atoms with Gasteiger partial charge in [0.1, 0.15) is 14.2 Å². The smallest absolute Gasteiger partial charge is 0.214 e. The van der Waals surface area contributed by atoms with E-state index in [1.54, 1.807) is 20.8 Å². The van der Waals surface area contributed by atoms with Gasteiger partial charge in [-0.3, -0.25) is 0 Å². The Balaban J connectivity index is 1.75. The van der Waals surface area contributed by atoms with Crippen molar-refractivity contribution in [2.24, 2.45) is 0 Å². The standard InChI is InChI=1S/C14H21Br2NO5S2/c1-8(2)17-24(18,19)9(3)4-5-20-6-10-7-21-11-12(22-10)14(16)23-13(11)15/h8-10,17H,4-7H2,1-3H3. The second-order valence-electron chi connectivity index (χ2n) is 5.85. The molecule has 0 radical (unpaired) electrons. The van der Waals surface area contributed by atoms with Crippen LogP contribution in [0.25, 0.3) is 0 Å². The number of nitrogens with one attached hydrogen (secondary N) is 1. The van der Waals surface area contributed by atoms with Gasteiger partial charge in [0.25, 0.3) is 0 Å². The zero-order valence-electron chi connectivity index (χ0n) is 13.7. The first kappa shape index (κ1) is 20.4. The van der Waals surface area contributed by atoms with E-state index in [1.807, 2.05) is 0 Å². The number of fused-ring (bicyclic) bond motifs is 1. The predicted octanol–water partition coefficient (Wildman–Crippen LogP) is 3.54. The molecule has 1 aliphatic heterocycles. The summed E-state index contributed by atoms with van der Waals surface area (Å²) in [7, 11) is -3.30. The highest BCUT2D eigenvalue weighted by Crippen LogP contribution is 2.50. The van der Waals surface area contributed by atoms with E-state index in [2.05, 4.69) is 36.6 Å². The average molecular weight is 507 g/mol. The summed E-state index contributed by atoms with van der Waals surface area (Å²) in [4.78, 5) is 0. The van der Waals surface area contributed by atoms with Crippen molar-refractivity contribution in [1.29, 1.82) is 0 Å². The van der Waals surface area contributed by atoms with E-state index < -0.39 is 15.3 Å². The van der Waals surface area contributed by atoms with Crippen molar-refractivity contribution in [3.05, 3.63) is 7.57 Å². The van der Waals surface area contributed by atoms with Crippen LogP contribution in [-0.4, -0.2) is 45.6 Å². The number of thiophene rings is 1. The van der Waals surface area contributed by atoms with Crippen molar-refractivity contribution in [2.45, 2.75) is 44.6 Å². The van der Waals surface area contributed by atoms with E-state index in [-0.39, 0.29) is 12.1 Å². The molecular formula is C14H21Br2NO5S2. The molecule has 2 rings (SSSR count). The van der Waals surface area contributed by atoms with Gasteiger partial charge in [0.2, 0.25) is 10.0 Å². The van der Waals surface area contributed by atoms with Gasteiger partial charge in [-0.1, -0.05) is 0 Å². The molecule has 2 heterocycles. The second kappa shape index (κ2) is 8.68. The molecule has 0 aromatic carbocycles. The maximum absolute atomic E-state index is 12.0. The van der Waals surface area contributed by atoms with Gasteiger partial charge in [0, 0.05) is 12.6 Å². The zero-order valence-corrected chi connectivity index (χ0v) is 18.5. The molecule has 0 bridgehead atoms. The fourth-order valence-corrected chi connectivity index (χ4v) is 6.22. The number of rotatable bonds is 8. The maximum Gasteiger partial charge on any atom is 0.214 e. The summed E-state index contributed by atoms with van der Waals surface area (Å²) < 4.78 is 45.5. The molecule has 10 heteroatoms. The molecule has 24 heavy (non-hydrogen) atoms. The van der Waals surface area contributed by atoms with Gasteiger partial charge in [0.15, 0.2) is 17.6 Å². The van der Waals surface area contributed by atoms with Crippen molar-refractivity contribution in [3.63, 3.8) is 0 Å². The number of hydrogen-bond donors (Lipinski definition) is 1. The molecule has 2 unspecified atom stereocenters. The van der Waals surface area contributed by atoms with Crippen LogP contribution in [0.4, 0.5) is 0 Å².